The molecule has 6 heteroatoms. The quantitative estimate of drug-likeness (QED) is 0.748. The molecule has 0 amide bonds. The fourth-order valence-electron chi connectivity index (χ4n) is 1.99. The number of hydrogen-bond acceptors (Lipinski definition) is 2. The molecule has 2 N–H and O–H groups in total. The average molecular weight is 335 g/mol. The number of nitrogens with one attached hydrogen (secondary N) is 1. The van der Waals surface area contributed by atoms with Gasteiger partial charge in [-0.25, -0.2) is 14.2 Å². The Morgan fingerprint density at radius 1 is 1.30 bits per heavy atom. The van der Waals surface area contributed by atoms with Crippen molar-refractivity contribution in [2.24, 2.45) is 0 Å². The third-order valence-corrected chi connectivity index (χ3v) is 3.59. The molecule has 0 atom stereocenters. The molecule has 1 heterocycles. The minimum absolute atomic E-state index is 0.153. The van der Waals surface area contributed by atoms with Crippen molar-refractivity contribution < 1.29 is 14.3 Å². The van der Waals surface area contributed by atoms with Crippen LogP contribution in [0.5, 0.6) is 0 Å². The van der Waals surface area contributed by atoms with E-state index < -0.39 is 11.8 Å². The predicted octanol–water partition coefficient (Wildman–Crippen LogP) is 3.83. The largest absolute Gasteiger partial charge is 0.478 e. The van der Waals surface area contributed by atoms with Crippen LogP contribution in [0.1, 0.15) is 10.4 Å². The first-order valence-corrected chi connectivity index (χ1v) is 6.53. The highest BCUT2D eigenvalue weighted by molar-refractivity contribution is 9.10. The van der Waals surface area contributed by atoms with Gasteiger partial charge in [-0.1, -0.05) is 6.07 Å². The lowest BCUT2D eigenvalue weighted by Crippen LogP contribution is -1.94. The summed E-state index contributed by atoms with van der Waals surface area (Å²) in [6.45, 7) is 0. The van der Waals surface area contributed by atoms with Gasteiger partial charge in [0.1, 0.15) is 11.6 Å². The summed E-state index contributed by atoms with van der Waals surface area (Å²) in [5.41, 5.74) is 1.61. The van der Waals surface area contributed by atoms with Crippen LogP contribution in [-0.4, -0.2) is 21.0 Å². The van der Waals surface area contributed by atoms with Gasteiger partial charge in [-0.15, -0.1) is 0 Å². The molecule has 3 aromatic rings. The van der Waals surface area contributed by atoms with Crippen LogP contribution in [-0.2, 0) is 0 Å². The van der Waals surface area contributed by atoms with Gasteiger partial charge >= 0.3 is 5.97 Å². The fourth-order valence-corrected chi connectivity index (χ4v) is 2.51. The van der Waals surface area contributed by atoms with Crippen molar-refractivity contribution in [1.29, 1.82) is 0 Å². The van der Waals surface area contributed by atoms with Gasteiger partial charge in [-0.3, -0.25) is 0 Å². The second kappa shape index (κ2) is 4.72. The predicted molar refractivity (Wildman–Crippen MR) is 76.1 cm³/mol. The van der Waals surface area contributed by atoms with Gasteiger partial charge in [0.2, 0.25) is 0 Å². The summed E-state index contributed by atoms with van der Waals surface area (Å²) in [4.78, 5) is 18.2. The lowest BCUT2D eigenvalue weighted by atomic mass is 10.2. The Labute approximate surface area is 121 Å². The van der Waals surface area contributed by atoms with Crippen molar-refractivity contribution in [2.45, 2.75) is 0 Å². The number of aromatic carboxylic acids is 1. The highest BCUT2D eigenvalue weighted by Gasteiger charge is 2.14. The van der Waals surface area contributed by atoms with Crippen molar-refractivity contribution in [3.05, 3.63) is 52.3 Å². The van der Waals surface area contributed by atoms with Gasteiger partial charge in [-0.05, 0) is 46.3 Å². The normalized spacial score (nSPS) is 10.9. The number of rotatable bonds is 2. The first kappa shape index (κ1) is 12.8. The zero-order chi connectivity index (χ0) is 14.3. The molecule has 0 saturated carbocycles. The minimum Gasteiger partial charge on any atom is -0.478 e. The number of halogens is 2. The molecule has 0 saturated heterocycles. The Morgan fingerprint density at radius 3 is 2.80 bits per heavy atom. The van der Waals surface area contributed by atoms with Gasteiger partial charge in [-0.2, -0.15) is 0 Å². The lowest BCUT2D eigenvalue weighted by molar-refractivity contribution is 0.0697. The van der Waals surface area contributed by atoms with Crippen molar-refractivity contribution in [2.75, 3.05) is 0 Å². The maximum Gasteiger partial charge on any atom is 0.335 e. The van der Waals surface area contributed by atoms with E-state index in [2.05, 4.69) is 25.9 Å². The number of carboxylic acid groups (broad SMARTS) is 1. The number of carbonyl (C=O) groups is 1. The maximum atomic E-state index is 13.9. The average Bonchev–Trinajstić information content (AvgIpc) is 2.80. The highest BCUT2D eigenvalue weighted by Crippen LogP contribution is 2.30. The minimum atomic E-state index is -1.02. The van der Waals surface area contributed by atoms with Crippen LogP contribution in [0.25, 0.3) is 22.4 Å². The molecule has 0 bridgehead atoms. The lowest BCUT2D eigenvalue weighted by Gasteiger charge is -2.01. The molecule has 1 aromatic heterocycles. The third kappa shape index (κ3) is 2.08. The van der Waals surface area contributed by atoms with Crippen LogP contribution >= 0.6 is 15.9 Å². The van der Waals surface area contributed by atoms with Crippen molar-refractivity contribution >= 4 is 32.9 Å². The number of H-pyrrole nitrogens is 1. The van der Waals surface area contributed by atoms with E-state index in [1.165, 1.54) is 18.2 Å². The number of imidazole rings is 1. The smallest absolute Gasteiger partial charge is 0.335 e. The molecule has 2 aromatic carbocycles. The molecule has 0 aliphatic carbocycles. The Balaban J connectivity index is 2.21. The summed E-state index contributed by atoms with van der Waals surface area (Å²) in [5, 5.41) is 8.95. The van der Waals surface area contributed by atoms with Gasteiger partial charge in [0.05, 0.1) is 22.2 Å². The Bertz CT molecular complexity index is 809. The SMILES string of the molecule is O=C(O)c1ccc2nc(-c3c(F)cccc3Br)[nH]c2c1. The van der Waals surface area contributed by atoms with Crippen LogP contribution in [0.15, 0.2) is 40.9 Å². The van der Waals surface area contributed by atoms with Crippen LogP contribution in [0.3, 0.4) is 0 Å². The first-order valence-electron chi connectivity index (χ1n) is 5.73. The van der Waals surface area contributed by atoms with Crippen molar-refractivity contribution in [3.8, 4) is 11.4 Å². The van der Waals surface area contributed by atoms with Crippen LogP contribution in [0.4, 0.5) is 4.39 Å². The van der Waals surface area contributed by atoms with E-state index in [0.717, 1.165) is 0 Å². The summed E-state index contributed by atoms with van der Waals surface area (Å²) < 4.78 is 14.5. The standard InChI is InChI=1S/C14H8BrFN2O2/c15-8-2-1-3-9(16)12(8)13-17-10-5-4-7(14(19)20)6-11(10)18-13/h1-6H,(H,17,18)(H,19,20). The van der Waals surface area contributed by atoms with E-state index in [4.69, 9.17) is 5.11 Å². The van der Waals surface area contributed by atoms with Gasteiger partial charge in [0.15, 0.2) is 0 Å². The van der Waals surface area contributed by atoms with Gasteiger partial charge < -0.3 is 10.1 Å². The monoisotopic (exact) mass is 334 g/mol. The number of aromatic nitrogens is 2. The van der Waals surface area contributed by atoms with E-state index in [1.54, 1.807) is 18.2 Å². The van der Waals surface area contributed by atoms with Gasteiger partial charge in [0.25, 0.3) is 0 Å². The molecular formula is C14H8BrFN2O2. The fraction of sp³-hybridized carbons (Fsp3) is 0. The first-order chi connectivity index (χ1) is 9.56. The highest BCUT2D eigenvalue weighted by atomic mass is 79.9. The molecule has 100 valence electrons. The molecule has 20 heavy (non-hydrogen) atoms. The molecule has 4 nitrogen and oxygen atoms in total. The van der Waals surface area contributed by atoms with Gasteiger partial charge in [0, 0.05) is 4.47 Å². The number of benzene rings is 2. The van der Waals surface area contributed by atoms with E-state index in [1.807, 2.05) is 0 Å². The molecule has 0 aliphatic rings. The topological polar surface area (TPSA) is 66.0 Å². The third-order valence-electron chi connectivity index (χ3n) is 2.93. The molecule has 0 aliphatic heterocycles. The summed E-state index contributed by atoms with van der Waals surface area (Å²) in [6.07, 6.45) is 0. The summed E-state index contributed by atoms with van der Waals surface area (Å²) in [6, 6.07) is 9.18. The molecule has 0 fully saturated rings. The van der Waals surface area contributed by atoms with Crippen LogP contribution < -0.4 is 0 Å². The molecule has 0 unspecified atom stereocenters. The maximum absolute atomic E-state index is 13.9. The number of hydrogen-bond donors (Lipinski definition) is 2. The summed E-state index contributed by atoms with van der Waals surface area (Å²) in [7, 11) is 0. The number of carboxylic acids is 1. The second-order valence-electron chi connectivity index (χ2n) is 4.22. The van der Waals surface area contributed by atoms with E-state index in [-0.39, 0.29) is 5.56 Å². The summed E-state index contributed by atoms with van der Waals surface area (Å²) >= 11 is 3.28. The zero-order valence-corrected chi connectivity index (χ0v) is 11.6. The Kier molecular flexibility index (Phi) is 3.02. The Hall–Kier alpha value is -2.21. The van der Waals surface area contributed by atoms with E-state index >= 15 is 0 Å². The van der Waals surface area contributed by atoms with E-state index in [0.29, 0.717) is 26.9 Å². The molecule has 3 rings (SSSR count). The van der Waals surface area contributed by atoms with Crippen molar-refractivity contribution in [1.82, 2.24) is 9.97 Å². The second-order valence-corrected chi connectivity index (χ2v) is 5.07. The molecular weight excluding hydrogens is 327 g/mol. The van der Waals surface area contributed by atoms with E-state index in [9.17, 15) is 9.18 Å². The van der Waals surface area contributed by atoms with Crippen LogP contribution in [0.2, 0.25) is 0 Å². The zero-order valence-electron chi connectivity index (χ0n) is 10.0. The van der Waals surface area contributed by atoms with Crippen LogP contribution in [0, 0.1) is 5.82 Å². The Morgan fingerprint density at radius 2 is 2.10 bits per heavy atom. The number of aromatic amines is 1. The number of nitrogens with zero attached hydrogens (tertiary/aromatic N) is 1. The molecule has 0 spiro atoms. The molecule has 0 radical (unpaired) electrons. The number of fused-ring (bicyclic) bond motifs is 1. The summed E-state index contributed by atoms with van der Waals surface area (Å²) in [5.74, 6) is -1.07. The van der Waals surface area contributed by atoms with Crippen molar-refractivity contribution in [3.63, 3.8) is 0 Å².